The third-order valence-corrected chi connectivity index (χ3v) is 2.55. The molecule has 104 valence electrons. The van der Waals surface area contributed by atoms with Crippen molar-refractivity contribution >= 4 is 11.7 Å². The molecule has 0 atom stereocenters. The van der Waals surface area contributed by atoms with E-state index in [1.54, 1.807) is 6.07 Å². The largest absolute Gasteiger partial charge is 0.487 e. The molecule has 0 amide bonds. The average molecular weight is 267 g/mol. The molecule has 0 aliphatic heterocycles. The number of carbonyl (C=O) groups excluding carboxylic acids is 1. The van der Waals surface area contributed by atoms with Gasteiger partial charge in [-0.05, 0) is 18.1 Å². The Hall–Kier alpha value is -2.11. The predicted octanol–water partition coefficient (Wildman–Crippen LogP) is 2.49. The lowest BCUT2D eigenvalue weighted by atomic mass is 10.1. The number of methoxy groups -OCH3 is 1. The van der Waals surface area contributed by atoms with Gasteiger partial charge in [-0.2, -0.15) is 0 Å². The summed E-state index contributed by atoms with van der Waals surface area (Å²) in [5.74, 6) is -0.207. The van der Waals surface area contributed by atoms with E-state index in [1.807, 2.05) is 6.92 Å². The van der Waals surface area contributed by atoms with Crippen LogP contribution < -0.4 is 4.74 Å². The highest BCUT2D eigenvalue weighted by Gasteiger charge is 2.17. The van der Waals surface area contributed by atoms with Gasteiger partial charge < -0.3 is 9.47 Å². The quantitative estimate of drug-likeness (QED) is 0.328. The van der Waals surface area contributed by atoms with E-state index in [2.05, 4.69) is 4.74 Å². The van der Waals surface area contributed by atoms with Crippen LogP contribution in [0.1, 0.15) is 25.3 Å². The Labute approximate surface area is 111 Å². The van der Waals surface area contributed by atoms with Crippen LogP contribution in [-0.2, 0) is 16.0 Å². The highest BCUT2D eigenvalue weighted by Crippen LogP contribution is 2.28. The summed E-state index contributed by atoms with van der Waals surface area (Å²) in [5.41, 5.74) is 0.402. The smallest absolute Gasteiger partial charge is 0.311 e. The molecule has 0 N–H and O–H groups in total. The minimum atomic E-state index is -0.512. The molecular formula is C13H17NO5. The molecule has 0 saturated heterocycles. The Bertz CT molecular complexity index is 458. The van der Waals surface area contributed by atoms with Crippen molar-refractivity contribution in [3.05, 3.63) is 33.9 Å². The molecule has 0 radical (unpaired) electrons. The Morgan fingerprint density at radius 1 is 1.42 bits per heavy atom. The molecule has 0 unspecified atom stereocenters. The molecule has 0 spiro atoms. The molecule has 0 fully saturated rings. The summed E-state index contributed by atoms with van der Waals surface area (Å²) >= 11 is 0. The summed E-state index contributed by atoms with van der Waals surface area (Å²) in [6.07, 6.45) is 1.79. The first-order valence-corrected chi connectivity index (χ1v) is 6.05. The van der Waals surface area contributed by atoms with Crippen molar-refractivity contribution in [1.29, 1.82) is 0 Å². The number of nitrogens with zero attached hydrogens (tertiary/aromatic N) is 1. The number of unbranched alkanes of at least 4 members (excludes halogenated alkanes) is 1. The molecule has 0 aliphatic carbocycles. The zero-order valence-electron chi connectivity index (χ0n) is 11.0. The van der Waals surface area contributed by atoms with Crippen molar-refractivity contribution in [2.75, 3.05) is 13.7 Å². The maximum atomic E-state index is 11.1. The van der Waals surface area contributed by atoms with Crippen LogP contribution in [0.2, 0.25) is 0 Å². The molecule has 6 heteroatoms. The van der Waals surface area contributed by atoms with Crippen LogP contribution in [0, 0.1) is 10.1 Å². The number of nitro benzene ring substituents is 1. The van der Waals surface area contributed by atoms with Crippen molar-refractivity contribution in [2.24, 2.45) is 0 Å². The summed E-state index contributed by atoms with van der Waals surface area (Å²) in [7, 11) is 1.28. The van der Waals surface area contributed by atoms with E-state index >= 15 is 0 Å². The highest BCUT2D eigenvalue weighted by atomic mass is 16.6. The van der Waals surface area contributed by atoms with Crippen molar-refractivity contribution in [2.45, 2.75) is 26.2 Å². The van der Waals surface area contributed by atoms with Gasteiger partial charge in [-0.25, -0.2) is 0 Å². The molecule has 0 aliphatic rings. The molecule has 0 aromatic heterocycles. The number of rotatable bonds is 7. The SMILES string of the molecule is CCCCOc1ccc(CC(=O)OC)cc1[N+](=O)[O-]. The second-order valence-electron chi connectivity index (χ2n) is 4.01. The fourth-order valence-corrected chi connectivity index (χ4v) is 1.50. The Morgan fingerprint density at radius 3 is 2.74 bits per heavy atom. The Morgan fingerprint density at radius 2 is 2.16 bits per heavy atom. The number of hydrogen-bond donors (Lipinski definition) is 0. The first kappa shape index (κ1) is 14.9. The van der Waals surface area contributed by atoms with E-state index < -0.39 is 10.9 Å². The van der Waals surface area contributed by atoms with Crippen LogP contribution in [0.15, 0.2) is 18.2 Å². The third kappa shape index (κ3) is 4.57. The van der Waals surface area contributed by atoms with Crippen LogP contribution in [0.4, 0.5) is 5.69 Å². The van der Waals surface area contributed by atoms with Gasteiger partial charge in [-0.1, -0.05) is 19.4 Å². The predicted molar refractivity (Wildman–Crippen MR) is 69.2 cm³/mol. The number of carbonyl (C=O) groups is 1. The maximum Gasteiger partial charge on any atom is 0.311 e. The third-order valence-electron chi connectivity index (χ3n) is 2.55. The van der Waals surface area contributed by atoms with Gasteiger partial charge in [0.1, 0.15) is 0 Å². The van der Waals surface area contributed by atoms with E-state index in [9.17, 15) is 14.9 Å². The van der Waals surface area contributed by atoms with Crippen LogP contribution in [-0.4, -0.2) is 24.6 Å². The summed E-state index contributed by atoms with van der Waals surface area (Å²) in [6, 6.07) is 4.50. The van der Waals surface area contributed by atoms with Crippen molar-refractivity contribution in [3.63, 3.8) is 0 Å². The molecule has 1 aromatic rings. The topological polar surface area (TPSA) is 78.7 Å². The fourth-order valence-electron chi connectivity index (χ4n) is 1.50. The number of nitro groups is 1. The van der Waals surface area contributed by atoms with Gasteiger partial charge in [-0.3, -0.25) is 14.9 Å². The van der Waals surface area contributed by atoms with Crippen LogP contribution in [0.3, 0.4) is 0 Å². The minimum Gasteiger partial charge on any atom is -0.487 e. The summed E-state index contributed by atoms with van der Waals surface area (Å²) in [5, 5.41) is 11.0. The lowest BCUT2D eigenvalue weighted by Crippen LogP contribution is -2.06. The highest BCUT2D eigenvalue weighted by molar-refractivity contribution is 5.73. The van der Waals surface area contributed by atoms with Crippen LogP contribution in [0.25, 0.3) is 0 Å². The summed E-state index contributed by atoms with van der Waals surface area (Å²) in [4.78, 5) is 21.6. The monoisotopic (exact) mass is 267 g/mol. The molecule has 0 bridgehead atoms. The van der Waals surface area contributed by atoms with E-state index in [0.29, 0.717) is 12.2 Å². The maximum absolute atomic E-state index is 11.1. The second-order valence-corrected chi connectivity index (χ2v) is 4.01. The van der Waals surface area contributed by atoms with Crippen LogP contribution in [0.5, 0.6) is 5.75 Å². The van der Waals surface area contributed by atoms with E-state index in [0.717, 1.165) is 12.8 Å². The molecule has 1 aromatic carbocycles. The van der Waals surface area contributed by atoms with E-state index in [1.165, 1.54) is 19.2 Å². The van der Waals surface area contributed by atoms with Crippen molar-refractivity contribution < 1.29 is 19.2 Å². The van der Waals surface area contributed by atoms with Gasteiger partial charge >= 0.3 is 11.7 Å². The number of ether oxygens (including phenoxy) is 2. The van der Waals surface area contributed by atoms with Gasteiger partial charge in [-0.15, -0.1) is 0 Å². The van der Waals surface area contributed by atoms with Gasteiger partial charge in [0.05, 0.1) is 25.1 Å². The standard InChI is InChI=1S/C13H17NO5/c1-3-4-7-19-12-6-5-10(9-13(15)18-2)8-11(12)14(16)17/h5-6,8H,3-4,7,9H2,1-2H3. The number of esters is 1. The van der Waals surface area contributed by atoms with E-state index in [4.69, 9.17) is 4.74 Å². The second kappa shape index (κ2) is 7.35. The Kier molecular flexibility index (Phi) is 5.78. The summed E-state index contributed by atoms with van der Waals surface area (Å²) < 4.78 is 9.89. The molecule has 1 rings (SSSR count). The minimum absolute atomic E-state index is 0.00653. The Balaban J connectivity index is 2.88. The van der Waals surface area contributed by atoms with Gasteiger partial charge in [0, 0.05) is 6.07 Å². The van der Waals surface area contributed by atoms with Crippen LogP contribution >= 0.6 is 0 Å². The van der Waals surface area contributed by atoms with Gasteiger partial charge in [0.25, 0.3) is 0 Å². The first-order valence-electron chi connectivity index (χ1n) is 6.05. The van der Waals surface area contributed by atoms with E-state index in [-0.39, 0.29) is 17.9 Å². The average Bonchev–Trinajstić information content (AvgIpc) is 2.40. The number of benzene rings is 1. The van der Waals surface area contributed by atoms with Gasteiger partial charge in [0.2, 0.25) is 0 Å². The molecule has 19 heavy (non-hydrogen) atoms. The zero-order valence-corrected chi connectivity index (χ0v) is 11.0. The summed E-state index contributed by atoms with van der Waals surface area (Å²) in [6.45, 7) is 2.45. The zero-order chi connectivity index (χ0) is 14.3. The molecular weight excluding hydrogens is 250 g/mol. The first-order chi connectivity index (χ1) is 9.08. The van der Waals surface area contributed by atoms with Gasteiger partial charge in [0.15, 0.2) is 5.75 Å². The lowest BCUT2D eigenvalue weighted by molar-refractivity contribution is -0.385. The normalized spacial score (nSPS) is 10.0. The van der Waals surface area contributed by atoms with Crippen molar-refractivity contribution in [3.8, 4) is 5.75 Å². The lowest BCUT2D eigenvalue weighted by Gasteiger charge is -2.07. The van der Waals surface area contributed by atoms with Crippen molar-refractivity contribution in [1.82, 2.24) is 0 Å². The molecule has 6 nitrogen and oxygen atoms in total. The number of hydrogen-bond acceptors (Lipinski definition) is 5. The molecule has 0 heterocycles. The molecule has 0 saturated carbocycles. The fraction of sp³-hybridized carbons (Fsp3) is 0.462.